The Kier molecular flexibility index (Phi) is 3.47. The van der Waals surface area contributed by atoms with E-state index in [4.69, 9.17) is 4.98 Å². The molecule has 0 bridgehead atoms. The molecule has 0 aliphatic heterocycles. The predicted molar refractivity (Wildman–Crippen MR) is 94.8 cm³/mol. The van der Waals surface area contributed by atoms with Gasteiger partial charge < -0.3 is 0 Å². The maximum Gasteiger partial charge on any atom is 0.213 e. The van der Waals surface area contributed by atoms with E-state index >= 15 is 0 Å². The Labute approximate surface area is 143 Å². The van der Waals surface area contributed by atoms with Gasteiger partial charge in [0, 0.05) is 17.4 Å². The molecular formula is C17H13N3O2S2. The summed E-state index contributed by atoms with van der Waals surface area (Å²) in [6.07, 6.45) is 1.20. The van der Waals surface area contributed by atoms with Crippen LogP contribution in [-0.2, 0) is 9.84 Å². The van der Waals surface area contributed by atoms with Crippen LogP contribution >= 0.6 is 11.3 Å². The summed E-state index contributed by atoms with van der Waals surface area (Å²) in [6, 6.07) is 16.7. The zero-order valence-corrected chi connectivity index (χ0v) is 14.4. The Hall–Kier alpha value is -2.51. The Morgan fingerprint density at radius 2 is 1.67 bits per heavy atom. The molecule has 0 saturated heterocycles. The first kappa shape index (κ1) is 15.0. The second kappa shape index (κ2) is 5.54. The van der Waals surface area contributed by atoms with Crippen molar-refractivity contribution in [1.29, 1.82) is 0 Å². The summed E-state index contributed by atoms with van der Waals surface area (Å²) in [4.78, 5) is 5.79. The molecule has 4 rings (SSSR count). The minimum absolute atomic E-state index is 0.298. The normalized spacial score (nSPS) is 11.9. The first-order chi connectivity index (χ1) is 11.5. The van der Waals surface area contributed by atoms with Crippen LogP contribution in [0.15, 0.2) is 65.0 Å². The van der Waals surface area contributed by atoms with Crippen molar-refractivity contribution >= 4 is 26.1 Å². The van der Waals surface area contributed by atoms with Crippen molar-refractivity contribution in [2.45, 2.75) is 4.90 Å². The molecule has 0 radical (unpaired) electrons. The molecule has 0 N–H and O–H groups in total. The van der Waals surface area contributed by atoms with E-state index in [0.29, 0.717) is 4.90 Å². The molecule has 2 aromatic heterocycles. The van der Waals surface area contributed by atoms with Crippen LogP contribution in [0.2, 0.25) is 0 Å². The van der Waals surface area contributed by atoms with Gasteiger partial charge in [0.2, 0.25) is 4.96 Å². The van der Waals surface area contributed by atoms with Crippen molar-refractivity contribution in [3.63, 3.8) is 0 Å². The molecule has 0 amide bonds. The number of imidazole rings is 1. The number of sulfone groups is 1. The molecule has 2 aromatic carbocycles. The third-order valence-electron chi connectivity index (χ3n) is 3.75. The summed E-state index contributed by atoms with van der Waals surface area (Å²) in [6.45, 7) is 0. The zero-order valence-electron chi connectivity index (χ0n) is 12.7. The average molecular weight is 355 g/mol. The topological polar surface area (TPSA) is 64.3 Å². The molecule has 0 saturated carbocycles. The number of hydrogen-bond donors (Lipinski definition) is 0. The highest BCUT2D eigenvalue weighted by molar-refractivity contribution is 7.90. The average Bonchev–Trinajstić information content (AvgIpc) is 3.15. The number of rotatable bonds is 3. The highest BCUT2D eigenvalue weighted by atomic mass is 32.2. The second-order valence-electron chi connectivity index (χ2n) is 5.40. The van der Waals surface area contributed by atoms with Crippen LogP contribution in [0.3, 0.4) is 0 Å². The lowest BCUT2D eigenvalue weighted by Gasteiger charge is -2.05. The van der Waals surface area contributed by atoms with Gasteiger partial charge >= 0.3 is 0 Å². The fraction of sp³-hybridized carbons (Fsp3) is 0.0588. The molecule has 0 atom stereocenters. The lowest BCUT2D eigenvalue weighted by molar-refractivity contribution is 0.602. The van der Waals surface area contributed by atoms with Crippen LogP contribution in [0.5, 0.6) is 0 Å². The smallest absolute Gasteiger partial charge is 0.213 e. The van der Waals surface area contributed by atoms with E-state index in [-0.39, 0.29) is 0 Å². The molecule has 0 unspecified atom stereocenters. The molecule has 0 spiro atoms. The van der Waals surface area contributed by atoms with Crippen molar-refractivity contribution in [3.8, 4) is 22.5 Å². The van der Waals surface area contributed by atoms with Crippen molar-refractivity contribution in [3.05, 3.63) is 60.1 Å². The molecule has 0 aliphatic carbocycles. The SMILES string of the molecule is CS(=O)(=O)c1ccc(-c2c(-c3ccccc3)nc3scnn23)cc1. The monoisotopic (exact) mass is 355 g/mol. The van der Waals surface area contributed by atoms with Gasteiger partial charge in [-0.1, -0.05) is 53.8 Å². The van der Waals surface area contributed by atoms with Gasteiger partial charge in [0.15, 0.2) is 9.84 Å². The van der Waals surface area contributed by atoms with Crippen LogP contribution in [0.1, 0.15) is 0 Å². The van der Waals surface area contributed by atoms with E-state index in [0.717, 1.165) is 27.5 Å². The number of nitrogens with zero attached hydrogens (tertiary/aromatic N) is 3. The molecule has 7 heteroatoms. The van der Waals surface area contributed by atoms with E-state index in [1.807, 2.05) is 30.3 Å². The Balaban J connectivity index is 1.94. The van der Waals surface area contributed by atoms with Gasteiger partial charge in [-0.3, -0.25) is 0 Å². The summed E-state index contributed by atoms with van der Waals surface area (Å²) >= 11 is 1.46. The Bertz CT molecular complexity index is 1110. The lowest BCUT2D eigenvalue weighted by Crippen LogP contribution is -1.97. The van der Waals surface area contributed by atoms with Crippen LogP contribution in [0, 0.1) is 0 Å². The van der Waals surface area contributed by atoms with Gasteiger partial charge in [0.1, 0.15) is 16.9 Å². The third kappa shape index (κ3) is 2.51. The summed E-state index contributed by atoms with van der Waals surface area (Å²) in [5, 5.41) is 4.37. The fourth-order valence-corrected chi connectivity index (χ4v) is 3.86. The van der Waals surface area contributed by atoms with Gasteiger partial charge in [-0.15, -0.1) is 0 Å². The van der Waals surface area contributed by atoms with Gasteiger partial charge in [0.25, 0.3) is 0 Å². The molecule has 0 fully saturated rings. The number of fused-ring (bicyclic) bond motifs is 1. The predicted octanol–water partition coefficient (Wildman–Crippen LogP) is 3.53. The van der Waals surface area contributed by atoms with E-state index in [1.165, 1.54) is 17.6 Å². The Morgan fingerprint density at radius 1 is 0.958 bits per heavy atom. The maximum absolute atomic E-state index is 11.7. The summed E-state index contributed by atoms with van der Waals surface area (Å²) < 4.78 is 25.1. The van der Waals surface area contributed by atoms with Crippen LogP contribution in [0.4, 0.5) is 0 Å². The third-order valence-corrected chi connectivity index (χ3v) is 5.55. The van der Waals surface area contributed by atoms with Crippen molar-refractivity contribution in [1.82, 2.24) is 14.6 Å². The largest absolute Gasteiger partial charge is 0.224 e. The van der Waals surface area contributed by atoms with Crippen molar-refractivity contribution in [2.24, 2.45) is 0 Å². The molecular weight excluding hydrogens is 342 g/mol. The minimum atomic E-state index is -3.22. The van der Waals surface area contributed by atoms with E-state index in [1.54, 1.807) is 34.3 Å². The molecule has 120 valence electrons. The zero-order chi connectivity index (χ0) is 16.7. The van der Waals surface area contributed by atoms with E-state index in [9.17, 15) is 8.42 Å². The summed E-state index contributed by atoms with van der Waals surface area (Å²) in [5.41, 5.74) is 5.31. The maximum atomic E-state index is 11.7. The van der Waals surface area contributed by atoms with Crippen LogP contribution in [-0.4, -0.2) is 29.3 Å². The highest BCUT2D eigenvalue weighted by Gasteiger charge is 2.18. The number of aromatic nitrogens is 3. The molecule has 24 heavy (non-hydrogen) atoms. The molecule has 5 nitrogen and oxygen atoms in total. The van der Waals surface area contributed by atoms with Gasteiger partial charge in [-0.05, 0) is 12.1 Å². The van der Waals surface area contributed by atoms with Crippen molar-refractivity contribution < 1.29 is 8.42 Å². The summed E-state index contributed by atoms with van der Waals surface area (Å²) in [5.74, 6) is 0. The number of hydrogen-bond acceptors (Lipinski definition) is 5. The first-order valence-electron chi connectivity index (χ1n) is 7.22. The summed E-state index contributed by atoms with van der Waals surface area (Å²) in [7, 11) is -3.22. The Morgan fingerprint density at radius 3 is 2.33 bits per heavy atom. The lowest BCUT2D eigenvalue weighted by atomic mass is 10.1. The molecule has 4 aromatic rings. The van der Waals surface area contributed by atoms with Gasteiger partial charge in [-0.2, -0.15) is 5.10 Å². The van der Waals surface area contributed by atoms with Crippen LogP contribution in [0.25, 0.3) is 27.5 Å². The van der Waals surface area contributed by atoms with Gasteiger partial charge in [-0.25, -0.2) is 17.9 Å². The first-order valence-corrected chi connectivity index (χ1v) is 9.99. The quantitative estimate of drug-likeness (QED) is 0.564. The molecule has 0 aliphatic rings. The van der Waals surface area contributed by atoms with Gasteiger partial charge in [0.05, 0.1) is 4.90 Å². The highest BCUT2D eigenvalue weighted by Crippen LogP contribution is 2.33. The van der Waals surface area contributed by atoms with Crippen LogP contribution < -0.4 is 0 Å². The standard InChI is InChI=1S/C17H13N3O2S2/c1-24(21,22)14-9-7-13(8-10-14)16-15(12-5-3-2-4-6-12)19-17-20(16)18-11-23-17/h2-11H,1H3. The fourth-order valence-electron chi connectivity index (χ4n) is 2.61. The second-order valence-corrected chi connectivity index (χ2v) is 8.23. The molecule has 2 heterocycles. The van der Waals surface area contributed by atoms with Crippen molar-refractivity contribution in [2.75, 3.05) is 6.26 Å². The van der Waals surface area contributed by atoms with E-state index < -0.39 is 9.84 Å². The number of benzene rings is 2. The minimum Gasteiger partial charge on any atom is -0.224 e. The van der Waals surface area contributed by atoms with E-state index in [2.05, 4.69) is 5.10 Å².